The number of aromatic nitrogens is 5. The number of nitrogen functional groups attached to an aromatic ring is 1. The molecule has 2 fully saturated rings. The van der Waals surface area contributed by atoms with Gasteiger partial charge in [-0.25, -0.2) is 19.9 Å². The second kappa shape index (κ2) is 10.5. The predicted octanol–water partition coefficient (Wildman–Crippen LogP) is 4.72. The number of pyridine rings is 3. The van der Waals surface area contributed by atoms with E-state index in [9.17, 15) is 0 Å². The van der Waals surface area contributed by atoms with Gasteiger partial charge in [0.1, 0.15) is 17.2 Å². The Kier molecular flexibility index (Phi) is 6.87. The van der Waals surface area contributed by atoms with Crippen LogP contribution in [0, 0.1) is 0 Å². The highest BCUT2D eigenvalue weighted by Crippen LogP contribution is 2.39. The molecule has 1 saturated heterocycles. The number of hydrogen-bond acceptors (Lipinski definition) is 8. The molecule has 0 spiro atoms. The molecule has 204 valence electrons. The predicted molar refractivity (Wildman–Crippen MR) is 160 cm³/mol. The number of anilines is 2. The summed E-state index contributed by atoms with van der Waals surface area (Å²) < 4.78 is 7.56. The first-order chi connectivity index (χ1) is 19.1. The van der Waals surface area contributed by atoms with Crippen molar-refractivity contribution in [1.82, 2.24) is 24.5 Å². The van der Waals surface area contributed by atoms with E-state index in [4.69, 9.17) is 31.2 Å². The molecule has 0 radical (unpaired) electrons. The Morgan fingerprint density at radius 2 is 1.60 bits per heavy atom. The van der Waals surface area contributed by atoms with Gasteiger partial charge in [-0.05, 0) is 73.4 Å². The number of fused-ring (bicyclic) bond motifs is 1. The molecule has 1 saturated carbocycles. The number of morpholine rings is 1. The summed E-state index contributed by atoms with van der Waals surface area (Å²) in [5, 5.41) is 0. The van der Waals surface area contributed by atoms with Gasteiger partial charge in [-0.3, -0.25) is 4.57 Å². The lowest BCUT2D eigenvalue weighted by molar-refractivity contribution is 0.122. The summed E-state index contributed by atoms with van der Waals surface area (Å²) in [6.07, 6.45) is 4.88. The lowest BCUT2D eigenvalue weighted by Crippen LogP contribution is -2.43. The quantitative estimate of drug-likeness (QED) is 0.320. The summed E-state index contributed by atoms with van der Waals surface area (Å²) in [4.78, 5) is 21.5. The van der Waals surface area contributed by atoms with E-state index < -0.39 is 0 Å². The number of hydrogen-bond donors (Lipinski definition) is 2. The molecule has 1 aromatic carbocycles. The molecule has 5 aromatic rings. The SMILES string of the molecule is Cl.Nc1ncccc1-c1nc2ccc(-c3cccc(N4CCOCC4)n3)nc2n1-c1ccc(C2(N)CCC2)cc1. The van der Waals surface area contributed by atoms with Crippen molar-refractivity contribution in [3.63, 3.8) is 0 Å². The number of nitrogens with zero attached hydrogens (tertiary/aromatic N) is 6. The fourth-order valence-electron chi connectivity index (χ4n) is 5.46. The normalized spacial score (nSPS) is 16.4. The third-order valence-corrected chi connectivity index (χ3v) is 7.86. The van der Waals surface area contributed by atoms with E-state index in [0.29, 0.717) is 24.9 Å². The van der Waals surface area contributed by atoms with Gasteiger partial charge in [0.2, 0.25) is 0 Å². The molecule has 5 heterocycles. The van der Waals surface area contributed by atoms with E-state index >= 15 is 0 Å². The Bertz CT molecular complexity index is 1660. The first kappa shape index (κ1) is 26.2. The molecule has 4 aromatic heterocycles. The highest BCUT2D eigenvalue weighted by molar-refractivity contribution is 5.85. The Morgan fingerprint density at radius 3 is 2.33 bits per heavy atom. The van der Waals surface area contributed by atoms with Gasteiger partial charge in [-0.2, -0.15) is 0 Å². The number of benzene rings is 1. The molecule has 2 aliphatic rings. The Labute approximate surface area is 238 Å². The average molecular weight is 555 g/mol. The Hall–Kier alpha value is -4.05. The topological polar surface area (TPSA) is 121 Å². The second-order valence-electron chi connectivity index (χ2n) is 10.3. The fraction of sp³-hybridized carbons (Fsp3) is 0.267. The van der Waals surface area contributed by atoms with Crippen molar-refractivity contribution in [2.75, 3.05) is 36.9 Å². The maximum Gasteiger partial charge on any atom is 0.165 e. The lowest BCUT2D eigenvalue weighted by atomic mass is 9.73. The monoisotopic (exact) mass is 554 g/mol. The smallest absolute Gasteiger partial charge is 0.165 e. The molecule has 7 rings (SSSR count). The average Bonchev–Trinajstić information content (AvgIpc) is 3.35. The van der Waals surface area contributed by atoms with Crippen molar-refractivity contribution in [1.29, 1.82) is 0 Å². The Morgan fingerprint density at radius 1 is 0.825 bits per heavy atom. The molecule has 4 N–H and O–H groups in total. The summed E-state index contributed by atoms with van der Waals surface area (Å²) in [6, 6.07) is 22.2. The van der Waals surface area contributed by atoms with Gasteiger partial charge >= 0.3 is 0 Å². The molecule has 0 amide bonds. The molecule has 40 heavy (non-hydrogen) atoms. The molecular weight excluding hydrogens is 524 g/mol. The highest BCUT2D eigenvalue weighted by Gasteiger charge is 2.34. The fourth-order valence-corrected chi connectivity index (χ4v) is 5.46. The number of ether oxygens (including phenoxy) is 1. The zero-order valence-corrected chi connectivity index (χ0v) is 22.8. The van der Waals surface area contributed by atoms with Gasteiger partial charge < -0.3 is 21.1 Å². The minimum absolute atomic E-state index is 0. The van der Waals surface area contributed by atoms with Crippen molar-refractivity contribution in [3.8, 4) is 28.5 Å². The van der Waals surface area contributed by atoms with Crippen molar-refractivity contribution in [2.24, 2.45) is 5.73 Å². The van der Waals surface area contributed by atoms with E-state index in [0.717, 1.165) is 71.1 Å². The van der Waals surface area contributed by atoms with Gasteiger partial charge in [0.15, 0.2) is 11.5 Å². The van der Waals surface area contributed by atoms with Crippen LogP contribution < -0.4 is 16.4 Å². The molecule has 1 aliphatic heterocycles. The number of rotatable bonds is 5. The van der Waals surface area contributed by atoms with E-state index in [1.54, 1.807) is 6.20 Å². The summed E-state index contributed by atoms with van der Waals surface area (Å²) in [5.41, 5.74) is 18.6. The van der Waals surface area contributed by atoms with Gasteiger partial charge in [0.05, 0.1) is 30.2 Å². The number of nitrogens with two attached hydrogens (primary N) is 2. The molecule has 9 nitrogen and oxygen atoms in total. The van der Waals surface area contributed by atoms with Crippen LogP contribution >= 0.6 is 12.4 Å². The molecule has 0 bridgehead atoms. The molecular formula is C30H31ClN8O. The highest BCUT2D eigenvalue weighted by atomic mass is 35.5. The molecule has 10 heteroatoms. The third-order valence-electron chi connectivity index (χ3n) is 7.86. The summed E-state index contributed by atoms with van der Waals surface area (Å²) in [5.74, 6) is 2.03. The van der Waals surface area contributed by atoms with Crippen molar-refractivity contribution >= 4 is 35.2 Å². The van der Waals surface area contributed by atoms with Crippen LogP contribution in [-0.2, 0) is 10.3 Å². The molecule has 1 aliphatic carbocycles. The van der Waals surface area contributed by atoms with Crippen LogP contribution in [0.25, 0.3) is 39.6 Å². The number of imidazole rings is 1. The lowest BCUT2D eigenvalue weighted by Gasteiger charge is -2.38. The van der Waals surface area contributed by atoms with Gasteiger partial charge in [-0.15, -0.1) is 12.4 Å². The maximum atomic E-state index is 6.60. The van der Waals surface area contributed by atoms with Gasteiger partial charge in [0.25, 0.3) is 0 Å². The van der Waals surface area contributed by atoms with Crippen LogP contribution in [0.15, 0.2) is 72.9 Å². The van der Waals surface area contributed by atoms with Crippen LogP contribution in [0.1, 0.15) is 24.8 Å². The minimum atomic E-state index is -0.227. The summed E-state index contributed by atoms with van der Waals surface area (Å²) >= 11 is 0. The Balaban J connectivity index is 0.00000289. The van der Waals surface area contributed by atoms with Crippen molar-refractivity contribution in [3.05, 3.63) is 78.5 Å². The summed E-state index contributed by atoms with van der Waals surface area (Å²) in [7, 11) is 0. The van der Waals surface area contributed by atoms with E-state index in [-0.39, 0.29) is 17.9 Å². The van der Waals surface area contributed by atoms with Gasteiger partial charge in [0, 0.05) is 30.5 Å². The number of halogens is 1. The summed E-state index contributed by atoms with van der Waals surface area (Å²) in [6.45, 7) is 3.07. The van der Waals surface area contributed by atoms with E-state index in [1.165, 1.54) is 6.42 Å². The third kappa shape index (κ3) is 4.56. The van der Waals surface area contributed by atoms with Gasteiger partial charge in [-0.1, -0.05) is 18.2 Å². The van der Waals surface area contributed by atoms with Crippen molar-refractivity contribution < 1.29 is 4.74 Å². The largest absolute Gasteiger partial charge is 0.383 e. The van der Waals surface area contributed by atoms with Crippen LogP contribution in [0.3, 0.4) is 0 Å². The van der Waals surface area contributed by atoms with Crippen molar-refractivity contribution in [2.45, 2.75) is 24.8 Å². The molecule has 0 unspecified atom stereocenters. The zero-order valence-electron chi connectivity index (χ0n) is 22.0. The van der Waals surface area contributed by atoms with Crippen LogP contribution in [-0.4, -0.2) is 50.8 Å². The van der Waals surface area contributed by atoms with Crippen LogP contribution in [0.4, 0.5) is 11.6 Å². The van der Waals surface area contributed by atoms with E-state index in [2.05, 4.69) is 34.1 Å². The second-order valence-corrected chi connectivity index (χ2v) is 10.3. The molecule has 0 atom stereocenters. The standard InChI is InChI=1S/C30H30N8O.ClH/c31-27-22(4-2-15-33-27)28-36-25-12-11-24(23-5-1-6-26(34-23)37-16-18-39-19-17-37)35-29(25)38(28)21-9-7-20(8-10-21)30(32)13-3-14-30;/h1-2,4-12,15H,3,13-14,16-19,32H2,(H2,31,33);1H. The van der Waals surface area contributed by atoms with Crippen LogP contribution in [0.2, 0.25) is 0 Å². The van der Waals surface area contributed by atoms with E-state index in [1.807, 2.05) is 47.0 Å². The zero-order chi connectivity index (χ0) is 26.4. The van der Waals surface area contributed by atoms with Crippen LogP contribution in [0.5, 0.6) is 0 Å². The first-order valence-corrected chi connectivity index (χ1v) is 13.4. The minimum Gasteiger partial charge on any atom is -0.383 e. The maximum absolute atomic E-state index is 6.60. The first-order valence-electron chi connectivity index (χ1n) is 13.4.